The van der Waals surface area contributed by atoms with Gasteiger partial charge >= 0.3 is 0 Å². The minimum Gasteiger partial charge on any atom is -0.313 e. The molecule has 0 aliphatic heterocycles. The highest BCUT2D eigenvalue weighted by atomic mass is 32.1. The predicted octanol–water partition coefficient (Wildman–Crippen LogP) is 4.77. The minimum atomic E-state index is -0.0102. The molecule has 1 aliphatic rings. The van der Waals surface area contributed by atoms with Crippen molar-refractivity contribution in [2.24, 2.45) is 0 Å². The van der Waals surface area contributed by atoms with E-state index in [0.29, 0.717) is 5.56 Å². The summed E-state index contributed by atoms with van der Waals surface area (Å²) < 4.78 is 0. The molecule has 2 N–H and O–H groups in total. The van der Waals surface area contributed by atoms with Crippen LogP contribution in [-0.2, 0) is 19.4 Å². The molecule has 3 rings (SSSR count). The summed E-state index contributed by atoms with van der Waals surface area (Å²) in [5, 5.41) is 7.75. The van der Waals surface area contributed by atoms with E-state index in [1.807, 2.05) is 30.3 Å². The van der Waals surface area contributed by atoms with E-state index in [1.54, 1.807) is 11.3 Å². The van der Waals surface area contributed by atoms with Crippen LogP contribution in [0.25, 0.3) is 0 Å². The molecule has 24 heavy (non-hydrogen) atoms. The first kappa shape index (κ1) is 17.2. The highest BCUT2D eigenvalue weighted by Gasteiger charge is 2.21. The number of hydrogen-bond donors (Lipinski definition) is 2. The molecule has 0 unspecified atom stereocenters. The Labute approximate surface area is 148 Å². The molecule has 1 aromatic heterocycles. The molecular weight excluding hydrogens is 316 g/mol. The zero-order valence-electron chi connectivity index (χ0n) is 14.4. The summed E-state index contributed by atoms with van der Waals surface area (Å²) >= 11 is 1.78. The standard InChI is InChI=1S/C20H26N2OS/c1-2-3-13-21-14-17-16-11-7-8-12-18(16)24-20(17)22-19(23)15-9-5-4-6-10-15/h4-6,9-10,21H,2-3,7-8,11-14H2,1H3,(H,22,23). The van der Waals surface area contributed by atoms with Crippen LogP contribution in [-0.4, -0.2) is 12.5 Å². The van der Waals surface area contributed by atoms with Crippen molar-refractivity contribution in [3.63, 3.8) is 0 Å². The lowest BCUT2D eigenvalue weighted by atomic mass is 9.95. The van der Waals surface area contributed by atoms with E-state index in [-0.39, 0.29) is 5.91 Å². The third-order valence-electron chi connectivity index (χ3n) is 4.55. The molecule has 3 nitrogen and oxygen atoms in total. The van der Waals surface area contributed by atoms with Crippen LogP contribution in [0.5, 0.6) is 0 Å². The van der Waals surface area contributed by atoms with Crippen LogP contribution in [0, 0.1) is 0 Å². The van der Waals surface area contributed by atoms with E-state index in [1.165, 1.54) is 41.7 Å². The fourth-order valence-corrected chi connectivity index (χ4v) is 4.50. The van der Waals surface area contributed by atoms with Crippen molar-refractivity contribution in [1.29, 1.82) is 0 Å². The molecule has 2 aromatic rings. The van der Waals surface area contributed by atoms with Gasteiger partial charge < -0.3 is 10.6 Å². The second-order valence-corrected chi connectivity index (χ2v) is 7.47. The molecule has 128 valence electrons. The summed E-state index contributed by atoms with van der Waals surface area (Å²) in [5.74, 6) is -0.0102. The Bertz CT molecular complexity index is 678. The number of nitrogens with one attached hydrogen (secondary N) is 2. The van der Waals surface area contributed by atoms with Gasteiger partial charge in [0.15, 0.2) is 0 Å². The van der Waals surface area contributed by atoms with Crippen LogP contribution in [0.1, 0.15) is 59.0 Å². The number of anilines is 1. The Hall–Kier alpha value is -1.65. The first-order valence-electron chi connectivity index (χ1n) is 9.00. The van der Waals surface area contributed by atoms with Gasteiger partial charge in [-0.05, 0) is 56.3 Å². The van der Waals surface area contributed by atoms with Crippen molar-refractivity contribution in [1.82, 2.24) is 5.32 Å². The molecule has 0 spiro atoms. The maximum Gasteiger partial charge on any atom is 0.256 e. The van der Waals surface area contributed by atoms with E-state index in [4.69, 9.17) is 0 Å². The highest BCUT2D eigenvalue weighted by molar-refractivity contribution is 7.16. The molecule has 0 fully saturated rings. The lowest BCUT2D eigenvalue weighted by Crippen LogP contribution is -2.18. The fraction of sp³-hybridized carbons (Fsp3) is 0.450. The molecule has 0 atom stereocenters. The van der Waals surface area contributed by atoms with Crippen molar-refractivity contribution in [2.75, 3.05) is 11.9 Å². The molecule has 0 saturated carbocycles. The molecule has 0 bridgehead atoms. The quantitative estimate of drug-likeness (QED) is 0.712. The van der Waals surface area contributed by atoms with Gasteiger partial charge in [0.1, 0.15) is 5.00 Å². The zero-order chi connectivity index (χ0) is 16.8. The Balaban J connectivity index is 1.78. The number of thiophene rings is 1. The SMILES string of the molecule is CCCCNCc1c(NC(=O)c2ccccc2)sc2c1CCCC2. The van der Waals surface area contributed by atoms with Crippen molar-refractivity contribution in [2.45, 2.75) is 52.0 Å². The van der Waals surface area contributed by atoms with E-state index < -0.39 is 0 Å². The number of rotatable bonds is 7. The van der Waals surface area contributed by atoms with E-state index >= 15 is 0 Å². The summed E-state index contributed by atoms with van der Waals surface area (Å²) in [6, 6.07) is 9.47. The number of fused-ring (bicyclic) bond motifs is 1. The average Bonchev–Trinajstić information content (AvgIpc) is 2.97. The van der Waals surface area contributed by atoms with Crippen molar-refractivity contribution < 1.29 is 4.79 Å². The first-order valence-corrected chi connectivity index (χ1v) is 9.81. The van der Waals surface area contributed by atoms with E-state index in [2.05, 4.69) is 17.6 Å². The number of benzene rings is 1. The largest absolute Gasteiger partial charge is 0.313 e. The third kappa shape index (κ3) is 4.05. The summed E-state index contributed by atoms with van der Waals surface area (Å²) in [7, 11) is 0. The first-order chi connectivity index (χ1) is 11.8. The minimum absolute atomic E-state index is 0.0102. The molecule has 0 saturated heterocycles. The Morgan fingerprint density at radius 3 is 2.75 bits per heavy atom. The topological polar surface area (TPSA) is 41.1 Å². The Kier molecular flexibility index (Phi) is 6.05. The van der Waals surface area contributed by atoms with Gasteiger partial charge in [0.2, 0.25) is 0 Å². The average molecular weight is 343 g/mol. The smallest absolute Gasteiger partial charge is 0.256 e. The normalized spacial score (nSPS) is 13.5. The van der Waals surface area contributed by atoms with Crippen molar-refractivity contribution in [3.8, 4) is 0 Å². The van der Waals surface area contributed by atoms with Crippen LogP contribution in [0.4, 0.5) is 5.00 Å². The second-order valence-electron chi connectivity index (χ2n) is 6.37. The number of aryl methyl sites for hydroxylation is 1. The molecule has 0 radical (unpaired) electrons. The highest BCUT2D eigenvalue weighted by Crippen LogP contribution is 2.38. The zero-order valence-corrected chi connectivity index (χ0v) is 15.2. The van der Waals surface area contributed by atoms with Gasteiger partial charge in [0.05, 0.1) is 0 Å². The fourth-order valence-electron chi connectivity index (χ4n) is 3.20. The van der Waals surface area contributed by atoms with Gasteiger partial charge in [0.25, 0.3) is 5.91 Å². The predicted molar refractivity (Wildman–Crippen MR) is 102 cm³/mol. The number of carbonyl (C=O) groups is 1. The maximum absolute atomic E-state index is 12.5. The van der Waals surface area contributed by atoms with Crippen molar-refractivity contribution >= 4 is 22.2 Å². The lowest BCUT2D eigenvalue weighted by molar-refractivity contribution is 0.102. The maximum atomic E-state index is 12.5. The van der Waals surface area contributed by atoms with Crippen LogP contribution >= 0.6 is 11.3 Å². The number of unbranched alkanes of at least 4 members (excludes halogenated alkanes) is 1. The molecule has 4 heteroatoms. The molecule has 1 heterocycles. The summed E-state index contributed by atoms with van der Waals surface area (Å²) in [4.78, 5) is 14.0. The van der Waals surface area contributed by atoms with Gasteiger partial charge in [-0.1, -0.05) is 31.5 Å². The third-order valence-corrected chi connectivity index (χ3v) is 5.80. The van der Waals surface area contributed by atoms with Crippen LogP contribution in [0.15, 0.2) is 30.3 Å². The van der Waals surface area contributed by atoms with Crippen LogP contribution < -0.4 is 10.6 Å². The summed E-state index contributed by atoms with van der Waals surface area (Å²) in [5.41, 5.74) is 3.52. The molecule has 1 aliphatic carbocycles. The van der Waals surface area contributed by atoms with Gasteiger partial charge in [-0.25, -0.2) is 0 Å². The summed E-state index contributed by atoms with van der Waals surface area (Å²) in [6.45, 7) is 4.10. The Morgan fingerprint density at radius 1 is 1.17 bits per heavy atom. The van der Waals surface area contributed by atoms with Crippen LogP contribution in [0.2, 0.25) is 0 Å². The molecule has 1 amide bonds. The lowest BCUT2D eigenvalue weighted by Gasteiger charge is -2.14. The van der Waals surface area contributed by atoms with E-state index in [9.17, 15) is 4.79 Å². The number of hydrogen-bond acceptors (Lipinski definition) is 3. The molecule has 1 aromatic carbocycles. The molecular formula is C20H26N2OS. The van der Waals surface area contributed by atoms with E-state index in [0.717, 1.165) is 30.9 Å². The van der Waals surface area contributed by atoms with Gasteiger partial charge in [-0.15, -0.1) is 11.3 Å². The second kappa shape index (κ2) is 8.45. The summed E-state index contributed by atoms with van der Waals surface area (Å²) in [6.07, 6.45) is 7.23. The van der Waals surface area contributed by atoms with Crippen molar-refractivity contribution in [3.05, 3.63) is 51.9 Å². The Morgan fingerprint density at radius 2 is 1.96 bits per heavy atom. The van der Waals surface area contributed by atoms with Gasteiger partial charge in [-0.3, -0.25) is 4.79 Å². The van der Waals surface area contributed by atoms with Gasteiger partial charge in [0, 0.05) is 22.5 Å². The van der Waals surface area contributed by atoms with Crippen LogP contribution in [0.3, 0.4) is 0 Å². The number of amides is 1. The van der Waals surface area contributed by atoms with Gasteiger partial charge in [-0.2, -0.15) is 0 Å². The monoisotopic (exact) mass is 342 g/mol. The number of carbonyl (C=O) groups excluding carboxylic acids is 1.